The van der Waals surface area contributed by atoms with Gasteiger partial charge in [0.15, 0.2) is 14.1 Å². The first-order valence-electron chi connectivity index (χ1n) is 9.65. The molecule has 0 bridgehead atoms. The van der Waals surface area contributed by atoms with Crippen molar-refractivity contribution < 1.29 is 18.6 Å². The van der Waals surface area contributed by atoms with Crippen molar-refractivity contribution in [3.8, 4) is 0 Å². The smallest absolute Gasteiger partial charge is 0.192 e. The van der Waals surface area contributed by atoms with Gasteiger partial charge in [-0.25, -0.2) is 0 Å². The van der Waals surface area contributed by atoms with Crippen LogP contribution < -0.4 is 0 Å². The molecule has 140 valence electrons. The zero-order valence-electron chi connectivity index (χ0n) is 16.4. The van der Waals surface area contributed by atoms with Crippen molar-refractivity contribution in [2.24, 2.45) is 5.92 Å². The molecule has 3 fully saturated rings. The van der Waals surface area contributed by atoms with Crippen LogP contribution in [0.25, 0.3) is 0 Å². The fourth-order valence-electron chi connectivity index (χ4n) is 3.95. The first kappa shape index (κ1) is 18.8. The Kier molecular flexibility index (Phi) is 4.98. The van der Waals surface area contributed by atoms with E-state index < -0.39 is 8.32 Å². The number of rotatable bonds is 5. The third-order valence-electron chi connectivity index (χ3n) is 6.81. The van der Waals surface area contributed by atoms with Crippen LogP contribution in [0.5, 0.6) is 0 Å². The lowest BCUT2D eigenvalue weighted by atomic mass is 9.75. The number of hydrogen-bond acceptors (Lipinski definition) is 4. The van der Waals surface area contributed by atoms with E-state index >= 15 is 0 Å². The van der Waals surface area contributed by atoms with Gasteiger partial charge in [-0.2, -0.15) is 0 Å². The zero-order chi connectivity index (χ0) is 17.6. The van der Waals surface area contributed by atoms with Crippen LogP contribution in [0.2, 0.25) is 18.1 Å². The summed E-state index contributed by atoms with van der Waals surface area (Å²) in [7, 11) is -1.70. The van der Waals surface area contributed by atoms with E-state index in [4.69, 9.17) is 18.6 Å². The average molecular weight is 357 g/mol. The molecule has 3 aliphatic rings. The second kappa shape index (κ2) is 6.34. The normalized spacial score (nSPS) is 36.2. The molecule has 0 aromatic rings. The summed E-state index contributed by atoms with van der Waals surface area (Å²) < 4.78 is 24.2. The molecule has 0 aromatic carbocycles. The number of epoxide rings is 1. The molecule has 1 aliphatic carbocycles. The van der Waals surface area contributed by atoms with Crippen molar-refractivity contribution in [3.63, 3.8) is 0 Å². The second-order valence-corrected chi connectivity index (χ2v) is 14.5. The van der Waals surface area contributed by atoms with E-state index in [9.17, 15) is 0 Å². The van der Waals surface area contributed by atoms with Gasteiger partial charge < -0.3 is 18.6 Å². The Bertz CT molecular complexity index is 447. The summed E-state index contributed by atoms with van der Waals surface area (Å²) in [5.41, 5.74) is 0.141. The Morgan fingerprint density at radius 2 is 1.75 bits per heavy atom. The fourth-order valence-corrected chi connectivity index (χ4v) is 5.35. The molecule has 2 heterocycles. The highest BCUT2D eigenvalue weighted by atomic mass is 28.4. The lowest BCUT2D eigenvalue weighted by Gasteiger charge is -2.43. The average Bonchev–Trinajstić information content (AvgIpc) is 3.11. The molecule has 0 aromatic heterocycles. The molecular formula is C19H36O4Si. The molecule has 0 amide bonds. The molecule has 3 atom stereocenters. The van der Waals surface area contributed by atoms with Gasteiger partial charge in [-0.15, -0.1) is 0 Å². The Morgan fingerprint density at radius 3 is 2.29 bits per heavy atom. The summed E-state index contributed by atoms with van der Waals surface area (Å²) in [6.07, 6.45) is 5.87. The summed E-state index contributed by atoms with van der Waals surface area (Å²) in [5.74, 6) is 0.189. The van der Waals surface area contributed by atoms with Crippen LogP contribution in [0, 0.1) is 5.92 Å². The Balaban J connectivity index is 1.59. The lowest BCUT2D eigenvalue weighted by Crippen LogP contribution is -2.47. The van der Waals surface area contributed by atoms with E-state index in [1.54, 1.807) is 0 Å². The van der Waals surface area contributed by atoms with Gasteiger partial charge in [-0.05, 0) is 56.7 Å². The molecule has 0 N–H and O–H groups in total. The topological polar surface area (TPSA) is 40.2 Å². The highest BCUT2D eigenvalue weighted by Crippen LogP contribution is 2.50. The zero-order valence-corrected chi connectivity index (χ0v) is 17.4. The quantitative estimate of drug-likeness (QED) is 0.537. The number of ether oxygens (including phenoxy) is 3. The third-order valence-corrected chi connectivity index (χ3v) is 11.3. The van der Waals surface area contributed by atoms with E-state index in [1.807, 2.05) is 0 Å². The molecule has 2 saturated heterocycles. The summed E-state index contributed by atoms with van der Waals surface area (Å²) in [5, 5.41) is 0.271. The SMILES string of the molecule is CC1(CC[C@H]2C[C@@H](O[Si](C)(C)C(C)(C)C)CCC23CO3)OCCO1. The van der Waals surface area contributed by atoms with Crippen LogP contribution in [0.1, 0.15) is 59.8 Å². The maximum atomic E-state index is 6.71. The Labute approximate surface area is 148 Å². The molecule has 2 aliphatic heterocycles. The van der Waals surface area contributed by atoms with Gasteiger partial charge in [0.2, 0.25) is 0 Å². The fraction of sp³-hybridized carbons (Fsp3) is 1.00. The minimum Gasteiger partial charge on any atom is -0.414 e. The van der Waals surface area contributed by atoms with E-state index in [-0.39, 0.29) is 16.4 Å². The standard InChI is InChI=1S/C19H36O4Si/c1-17(2,3)24(5,6)23-16-8-10-19(14-22-19)15(13-16)7-9-18(4)20-11-12-21-18/h15-16H,7-14H2,1-6H3/t15-,16-,19?/m0/s1. The van der Waals surface area contributed by atoms with Crippen molar-refractivity contribution in [1.82, 2.24) is 0 Å². The van der Waals surface area contributed by atoms with Crippen molar-refractivity contribution in [3.05, 3.63) is 0 Å². The predicted molar refractivity (Wildman–Crippen MR) is 97.6 cm³/mol. The molecule has 24 heavy (non-hydrogen) atoms. The first-order chi connectivity index (χ1) is 11.1. The largest absolute Gasteiger partial charge is 0.414 e. The molecule has 4 nitrogen and oxygen atoms in total. The predicted octanol–water partition coefficient (Wildman–Crippen LogP) is 4.49. The molecule has 1 saturated carbocycles. The minimum absolute atomic E-state index is 0.141. The van der Waals surface area contributed by atoms with Crippen molar-refractivity contribution >= 4 is 8.32 Å². The second-order valence-electron chi connectivity index (χ2n) is 9.69. The summed E-state index contributed by atoms with van der Waals surface area (Å²) in [6.45, 7) is 16.1. The molecular weight excluding hydrogens is 320 g/mol. The Morgan fingerprint density at radius 1 is 1.12 bits per heavy atom. The highest BCUT2D eigenvalue weighted by molar-refractivity contribution is 6.74. The van der Waals surface area contributed by atoms with Gasteiger partial charge in [0.1, 0.15) is 0 Å². The molecule has 5 heteroatoms. The first-order valence-corrected chi connectivity index (χ1v) is 12.6. The maximum Gasteiger partial charge on any atom is 0.192 e. The van der Waals surface area contributed by atoms with Crippen LogP contribution in [0.15, 0.2) is 0 Å². The maximum absolute atomic E-state index is 6.71. The van der Waals surface area contributed by atoms with Crippen molar-refractivity contribution in [2.45, 2.75) is 95.4 Å². The summed E-state index contributed by atoms with van der Waals surface area (Å²) >= 11 is 0. The monoisotopic (exact) mass is 356 g/mol. The van der Waals surface area contributed by atoms with E-state index in [0.717, 1.165) is 51.9 Å². The number of hydrogen-bond donors (Lipinski definition) is 0. The van der Waals surface area contributed by atoms with Gasteiger partial charge in [-0.3, -0.25) is 0 Å². The Hall–Kier alpha value is 0.0569. The van der Waals surface area contributed by atoms with Gasteiger partial charge in [0, 0.05) is 12.5 Å². The van der Waals surface area contributed by atoms with E-state index in [1.165, 1.54) is 0 Å². The van der Waals surface area contributed by atoms with E-state index in [2.05, 4.69) is 40.8 Å². The minimum atomic E-state index is -1.70. The summed E-state index contributed by atoms with van der Waals surface area (Å²) in [4.78, 5) is 0. The van der Waals surface area contributed by atoms with Crippen molar-refractivity contribution in [1.29, 1.82) is 0 Å². The third kappa shape index (κ3) is 3.90. The van der Waals surface area contributed by atoms with Crippen LogP contribution in [0.3, 0.4) is 0 Å². The molecule has 1 spiro atoms. The van der Waals surface area contributed by atoms with Gasteiger partial charge in [0.05, 0.1) is 25.4 Å². The van der Waals surface area contributed by atoms with Crippen LogP contribution >= 0.6 is 0 Å². The van der Waals surface area contributed by atoms with Crippen molar-refractivity contribution in [2.75, 3.05) is 19.8 Å². The lowest BCUT2D eigenvalue weighted by molar-refractivity contribution is -0.151. The van der Waals surface area contributed by atoms with Gasteiger partial charge >= 0.3 is 0 Å². The van der Waals surface area contributed by atoms with Crippen LogP contribution in [-0.2, 0) is 18.6 Å². The molecule has 1 unspecified atom stereocenters. The molecule has 0 radical (unpaired) electrons. The summed E-state index contributed by atoms with van der Waals surface area (Å²) in [6, 6.07) is 0. The van der Waals surface area contributed by atoms with Crippen LogP contribution in [-0.4, -0.2) is 45.6 Å². The van der Waals surface area contributed by atoms with E-state index in [0.29, 0.717) is 12.0 Å². The van der Waals surface area contributed by atoms with Crippen LogP contribution in [0.4, 0.5) is 0 Å². The molecule has 3 rings (SSSR count). The highest BCUT2D eigenvalue weighted by Gasteiger charge is 2.55. The van der Waals surface area contributed by atoms with Gasteiger partial charge in [-0.1, -0.05) is 20.8 Å². The van der Waals surface area contributed by atoms with Gasteiger partial charge in [0.25, 0.3) is 0 Å².